The van der Waals surface area contributed by atoms with E-state index in [9.17, 15) is 0 Å². The number of alkyl halides is 1. The summed E-state index contributed by atoms with van der Waals surface area (Å²) in [5.74, 6) is 0. The Labute approximate surface area is 89.8 Å². The zero-order valence-electron chi connectivity index (χ0n) is 8.47. The maximum Gasteiger partial charge on any atom is 0.0589 e. The van der Waals surface area contributed by atoms with Gasteiger partial charge in [0, 0.05) is 25.0 Å². The van der Waals surface area contributed by atoms with Crippen LogP contribution in [0.5, 0.6) is 0 Å². The van der Waals surface area contributed by atoms with Gasteiger partial charge < -0.3 is 4.74 Å². The fourth-order valence-corrected chi connectivity index (χ4v) is 1.93. The molecule has 2 nitrogen and oxygen atoms in total. The largest absolute Gasteiger partial charge is 0.383 e. The fraction of sp³-hybridized carbons (Fsp3) is 1.00. The van der Waals surface area contributed by atoms with Crippen LogP contribution in [0.1, 0.15) is 25.7 Å². The number of methoxy groups -OCH3 is 1. The number of hydrogen-bond donors (Lipinski definition) is 0. The summed E-state index contributed by atoms with van der Waals surface area (Å²) in [6, 6.07) is 0.880. The van der Waals surface area contributed by atoms with Gasteiger partial charge in [0.05, 0.1) is 6.61 Å². The molecule has 0 N–H and O–H groups in total. The molecule has 3 heteroatoms. The van der Waals surface area contributed by atoms with Crippen LogP contribution in [0, 0.1) is 0 Å². The van der Waals surface area contributed by atoms with Gasteiger partial charge in [0.15, 0.2) is 0 Å². The maximum atomic E-state index is 5.11. The van der Waals surface area contributed by atoms with Gasteiger partial charge in [-0.15, -0.1) is 0 Å². The molecule has 0 aromatic carbocycles. The van der Waals surface area contributed by atoms with Crippen LogP contribution in [0.15, 0.2) is 0 Å². The van der Waals surface area contributed by atoms with Crippen LogP contribution in [-0.2, 0) is 4.74 Å². The molecule has 0 atom stereocenters. The van der Waals surface area contributed by atoms with Crippen molar-refractivity contribution in [3.05, 3.63) is 0 Å². The lowest BCUT2D eigenvalue weighted by Crippen LogP contribution is -2.30. The first kappa shape index (κ1) is 11.5. The van der Waals surface area contributed by atoms with E-state index in [0.29, 0.717) is 0 Å². The van der Waals surface area contributed by atoms with E-state index in [1.165, 1.54) is 32.2 Å². The van der Waals surface area contributed by atoms with Crippen LogP contribution < -0.4 is 0 Å². The Balaban J connectivity index is 2.06. The zero-order valence-corrected chi connectivity index (χ0v) is 10.1. The molecule has 1 fully saturated rings. The van der Waals surface area contributed by atoms with E-state index in [0.717, 1.165) is 24.5 Å². The smallest absolute Gasteiger partial charge is 0.0589 e. The molecule has 1 rings (SSSR count). The summed E-state index contributed by atoms with van der Waals surface area (Å²) in [5, 5.41) is 1.13. The summed E-state index contributed by atoms with van der Waals surface area (Å²) >= 11 is 3.46. The maximum absolute atomic E-state index is 5.11. The second-order valence-corrected chi connectivity index (χ2v) is 4.45. The highest BCUT2D eigenvalue weighted by atomic mass is 79.9. The van der Waals surface area contributed by atoms with Crippen molar-refractivity contribution >= 4 is 15.9 Å². The van der Waals surface area contributed by atoms with Gasteiger partial charge in [-0.1, -0.05) is 15.9 Å². The molecule has 0 unspecified atom stereocenters. The first-order valence-electron chi connectivity index (χ1n) is 5.17. The van der Waals surface area contributed by atoms with Crippen molar-refractivity contribution in [1.82, 2.24) is 4.90 Å². The molecule has 0 spiro atoms. The minimum absolute atomic E-state index is 0.880. The first-order chi connectivity index (χ1) is 6.38. The summed E-state index contributed by atoms with van der Waals surface area (Å²) in [5.41, 5.74) is 0. The lowest BCUT2D eigenvalue weighted by atomic mass is 10.3. The van der Waals surface area contributed by atoms with Gasteiger partial charge in [-0.05, 0) is 32.2 Å². The molecule has 0 bridgehead atoms. The van der Waals surface area contributed by atoms with E-state index < -0.39 is 0 Å². The Morgan fingerprint density at radius 1 is 1.31 bits per heavy atom. The Hall–Kier alpha value is 0.400. The molecule has 13 heavy (non-hydrogen) atoms. The lowest BCUT2D eigenvalue weighted by molar-refractivity contribution is 0.142. The molecule has 1 aliphatic rings. The average Bonchev–Trinajstić information content (AvgIpc) is 2.94. The van der Waals surface area contributed by atoms with Gasteiger partial charge in [0.1, 0.15) is 0 Å². The SMILES string of the molecule is COCCN(CCCCBr)C1CC1. The van der Waals surface area contributed by atoms with Crippen LogP contribution in [0.3, 0.4) is 0 Å². The molecule has 1 aliphatic carbocycles. The van der Waals surface area contributed by atoms with Crippen LogP contribution in [0.2, 0.25) is 0 Å². The highest BCUT2D eigenvalue weighted by Crippen LogP contribution is 2.26. The molecular weight excluding hydrogens is 230 g/mol. The van der Waals surface area contributed by atoms with Gasteiger partial charge in [-0.3, -0.25) is 4.90 Å². The standard InChI is InChI=1S/C10H20BrNO/c1-13-9-8-12(10-4-5-10)7-3-2-6-11/h10H,2-9H2,1H3. The number of halogens is 1. The van der Waals surface area contributed by atoms with Crippen LogP contribution in [-0.4, -0.2) is 43.1 Å². The average molecular weight is 250 g/mol. The van der Waals surface area contributed by atoms with Gasteiger partial charge in [-0.2, -0.15) is 0 Å². The van der Waals surface area contributed by atoms with Crippen molar-refractivity contribution in [3.8, 4) is 0 Å². The normalized spacial score (nSPS) is 16.8. The monoisotopic (exact) mass is 249 g/mol. The number of rotatable bonds is 8. The third-order valence-corrected chi connectivity index (χ3v) is 3.04. The summed E-state index contributed by atoms with van der Waals surface area (Å²) in [6.07, 6.45) is 5.40. The summed E-state index contributed by atoms with van der Waals surface area (Å²) in [6.45, 7) is 3.24. The van der Waals surface area contributed by atoms with Gasteiger partial charge in [-0.25, -0.2) is 0 Å². The van der Waals surface area contributed by atoms with Gasteiger partial charge >= 0.3 is 0 Å². The van der Waals surface area contributed by atoms with Crippen LogP contribution >= 0.6 is 15.9 Å². The zero-order chi connectivity index (χ0) is 9.52. The summed E-state index contributed by atoms with van der Waals surface area (Å²) in [7, 11) is 1.78. The van der Waals surface area contributed by atoms with Crippen molar-refractivity contribution in [1.29, 1.82) is 0 Å². The molecule has 1 saturated carbocycles. The number of hydrogen-bond acceptors (Lipinski definition) is 2. The van der Waals surface area contributed by atoms with Crippen molar-refractivity contribution < 1.29 is 4.74 Å². The molecule has 0 radical (unpaired) electrons. The Kier molecular flexibility index (Phi) is 6.00. The van der Waals surface area contributed by atoms with Crippen molar-refractivity contribution in [2.24, 2.45) is 0 Å². The lowest BCUT2D eigenvalue weighted by Gasteiger charge is -2.21. The van der Waals surface area contributed by atoms with E-state index in [2.05, 4.69) is 20.8 Å². The predicted molar refractivity (Wildman–Crippen MR) is 59.5 cm³/mol. The Morgan fingerprint density at radius 3 is 2.62 bits per heavy atom. The van der Waals surface area contributed by atoms with Gasteiger partial charge in [0.2, 0.25) is 0 Å². The third-order valence-electron chi connectivity index (χ3n) is 2.47. The molecule has 78 valence electrons. The molecule has 0 aromatic heterocycles. The minimum Gasteiger partial charge on any atom is -0.383 e. The quantitative estimate of drug-likeness (QED) is 0.484. The molecule has 0 amide bonds. The molecule has 0 heterocycles. The minimum atomic E-state index is 0.880. The van der Waals surface area contributed by atoms with E-state index in [-0.39, 0.29) is 0 Å². The summed E-state index contributed by atoms with van der Waals surface area (Å²) < 4.78 is 5.11. The highest BCUT2D eigenvalue weighted by Gasteiger charge is 2.27. The van der Waals surface area contributed by atoms with E-state index >= 15 is 0 Å². The van der Waals surface area contributed by atoms with Crippen LogP contribution in [0.25, 0.3) is 0 Å². The number of unbranched alkanes of at least 4 members (excludes halogenated alkanes) is 1. The highest BCUT2D eigenvalue weighted by molar-refractivity contribution is 9.09. The number of ether oxygens (including phenoxy) is 1. The molecule has 0 saturated heterocycles. The second-order valence-electron chi connectivity index (χ2n) is 3.66. The fourth-order valence-electron chi connectivity index (χ4n) is 1.53. The van der Waals surface area contributed by atoms with E-state index in [4.69, 9.17) is 4.74 Å². The van der Waals surface area contributed by atoms with Crippen molar-refractivity contribution in [2.45, 2.75) is 31.7 Å². The van der Waals surface area contributed by atoms with E-state index in [1.54, 1.807) is 7.11 Å². The summed E-state index contributed by atoms with van der Waals surface area (Å²) in [4.78, 5) is 2.58. The Bertz CT molecular complexity index is 128. The molecule has 0 aromatic rings. The molecular formula is C10H20BrNO. The van der Waals surface area contributed by atoms with Crippen molar-refractivity contribution in [3.63, 3.8) is 0 Å². The first-order valence-corrected chi connectivity index (χ1v) is 6.29. The third kappa shape index (κ3) is 4.99. The van der Waals surface area contributed by atoms with Crippen molar-refractivity contribution in [2.75, 3.05) is 32.1 Å². The van der Waals surface area contributed by atoms with E-state index in [1.807, 2.05) is 0 Å². The predicted octanol–water partition coefficient (Wildman–Crippen LogP) is 2.27. The number of nitrogens with zero attached hydrogens (tertiary/aromatic N) is 1. The molecule has 0 aliphatic heterocycles. The Morgan fingerprint density at radius 2 is 2.08 bits per heavy atom. The van der Waals surface area contributed by atoms with Gasteiger partial charge in [0.25, 0.3) is 0 Å². The topological polar surface area (TPSA) is 12.5 Å². The second kappa shape index (κ2) is 6.80. The van der Waals surface area contributed by atoms with Crippen LogP contribution in [0.4, 0.5) is 0 Å².